The minimum absolute atomic E-state index is 0. The van der Waals surface area contributed by atoms with Gasteiger partial charge < -0.3 is 16.0 Å². The second-order valence-corrected chi connectivity index (χ2v) is 4.43. The standard InChI is InChI=1S/C15H26N4.HI/c1-3-4-11-18-15(16-2)19-13-8-12-17-14-9-6-5-7-10-14;/h5-7,9-10,17H,3-4,8,11-13H2,1-2H3,(H2,16,18,19);1H. The lowest BCUT2D eigenvalue weighted by atomic mass is 10.3. The van der Waals surface area contributed by atoms with Crippen LogP contribution in [-0.4, -0.2) is 32.6 Å². The second kappa shape index (κ2) is 13.0. The van der Waals surface area contributed by atoms with Gasteiger partial charge in [0.25, 0.3) is 0 Å². The first kappa shape index (κ1) is 19.0. The third-order valence-corrected chi connectivity index (χ3v) is 2.80. The van der Waals surface area contributed by atoms with Crippen LogP contribution >= 0.6 is 24.0 Å². The van der Waals surface area contributed by atoms with E-state index >= 15 is 0 Å². The molecule has 20 heavy (non-hydrogen) atoms. The van der Waals surface area contributed by atoms with E-state index in [0.29, 0.717) is 0 Å². The highest BCUT2D eigenvalue weighted by molar-refractivity contribution is 14.0. The number of anilines is 1. The SMILES string of the molecule is CCCCNC(=NC)NCCCNc1ccccc1.I. The molecule has 0 aliphatic rings. The fourth-order valence-electron chi connectivity index (χ4n) is 1.69. The first-order chi connectivity index (χ1) is 9.36. The number of nitrogens with one attached hydrogen (secondary N) is 3. The van der Waals surface area contributed by atoms with Gasteiger partial charge in [-0.1, -0.05) is 31.5 Å². The van der Waals surface area contributed by atoms with Crippen LogP contribution in [0.2, 0.25) is 0 Å². The summed E-state index contributed by atoms with van der Waals surface area (Å²) in [6.45, 7) is 5.06. The maximum absolute atomic E-state index is 4.19. The van der Waals surface area contributed by atoms with Crippen molar-refractivity contribution < 1.29 is 0 Å². The lowest BCUT2D eigenvalue weighted by molar-refractivity contribution is 0.718. The molecule has 0 fully saturated rings. The summed E-state index contributed by atoms with van der Waals surface area (Å²) in [7, 11) is 1.81. The van der Waals surface area contributed by atoms with Gasteiger partial charge in [-0.25, -0.2) is 0 Å². The normalized spacial score (nSPS) is 10.6. The Bertz CT molecular complexity index is 354. The number of nitrogens with zero attached hydrogens (tertiary/aromatic N) is 1. The van der Waals surface area contributed by atoms with Crippen LogP contribution in [0.1, 0.15) is 26.2 Å². The molecule has 0 radical (unpaired) electrons. The molecule has 0 bridgehead atoms. The highest BCUT2D eigenvalue weighted by Crippen LogP contribution is 2.03. The molecule has 114 valence electrons. The number of guanidine groups is 1. The summed E-state index contributed by atoms with van der Waals surface area (Å²) in [4.78, 5) is 4.19. The first-order valence-electron chi connectivity index (χ1n) is 7.10. The van der Waals surface area contributed by atoms with Crippen molar-refractivity contribution in [3.63, 3.8) is 0 Å². The summed E-state index contributed by atoms with van der Waals surface area (Å²) < 4.78 is 0. The van der Waals surface area contributed by atoms with E-state index in [0.717, 1.165) is 32.0 Å². The molecular formula is C15H27IN4. The number of aliphatic imine (C=N–C) groups is 1. The highest BCUT2D eigenvalue weighted by Gasteiger charge is 1.95. The van der Waals surface area contributed by atoms with Crippen LogP contribution in [0, 0.1) is 0 Å². The van der Waals surface area contributed by atoms with Crippen LogP contribution < -0.4 is 16.0 Å². The number of para-hydroxylation sites is 1. The van der Waals surface area contributed by atoms with E-state index in [1.165, 1.54) is 18.5 Å². The molecule has 0 amide bonds. The number of unbranched alkanes of at least 4 members (excludes halogenated alkanes) is 1. The van der Waals surface area contributed by atoms with Gasteiger partial charge in [0, 0.05) is 32.4 Å². The van der Waals surface area contributed by atoms with Crippen molar-refractivity contribution in [1.29, 1.82) is 0 Å². The van der Waals surface area contributed by atoms with E-state index in [2.05, 4.69) is 40.0 Å². The number of benzene rings is 1. The van der Waals surface area contributed by atoms with Crippen molar-refractivity contribution in [2.24, 2.45) is 4.99 Å². The predicted molar refractivity (Wildman–Crippen MR) is 99.2 cm³/mol. The van der Waals surface area contributed by atoms with Crippen LogP contribution in [-0.2, 0) is 0 Å². The fraction of sp³-hybridized carbons (Fsp3) is 0.533. The molecule has 0 unspecified atom stereocenters. The van der Waals surface area contributed by atoms with Crippen LogP contribution in [0.3, 0.4) is 0 Å². The largest absolute Gasteiger partial charge is 0.385 e. The minimum Gasteiger partial charge on any atom is -0.385 e. The van der Waals surface area contributed by atoms with E-state index in [1.807, 2.05) is 25.2 Å². The van der Waals surface area contributed by atoms with Gasteiger partial charge >= 0.3 is 0 Å². The molecule has 1 aromatic carbocycles. The lowest BCUT2D eigenvalue weighted by Gasteiger charge is -2.12. The van der Waals surface area contributed by atoms with E-state index < -0.39 is 0 Å². The Hall–Kier alpha value is -0.980. The molecule has 1 aromatic rings. The Labute approximate surface area is 139 Å². The summed E-state index contributed by atoms with van der Waals surface area (Å²) in [6, 6.07) is 10.3. The quantitative estimate of drug-likeness (QED) is 0.277. The zero-order chi connectivity index (χ0) is 13.8. The van der Waals surface area contributed by atoms with Gasteiger partial charge in [-0.05, 0) is 25.0 Å². The molecule has 5 heteroatoms. The molecular weight excluding hydrogens is 363 g/mol. The molecule has 0 aliphatic carbocycles. The Balaban J connectivity index is 0.00000361. The summed E-state index contributed by atoms with van der Waals surface area (Å²) in [6.07, 6.45) is 3.44. The molecule has 3 N–H and O–H groups in total. The van der Waals surface area contributed by atoms with Gasteiger partial charge in [0.15, 0.2) is 5.96 Å². The Morgan fingerprint density at radius 3 is 2.25 bits per heavy atom. The molecule has 0 saturated carbocycles. The number of hydrogen-bond acceptors (Lipinski definition) is 2. The third kappa shape index (κ3) is 9.01. The van der Waals surface area contributed by atoms with Crippen molar-refractivity contribution in [3.8, 4) is 0 Å². The summed E-state index contributed by atoms with van der Waals surface area (Å²) in [5, 5.41) is 10.00. The number of halogens is 1. The number of rotatable bonds is 8. The fourth-order valence-corrected chi connectivity index (χ4v) is 1.69. The van der Waals surface area contributed by atoms with Crippen molar-refractivity contribution >= 4 is 35.6 Å². The summed E-state index contributed by atoms with van der Waals surface area (Å²) in [5.41, 5.74) is 1.17. The van der Waals surface area contributed by atoms with Crippen molar-refractivity contribution in [2.75, 3.05) is 32.0 Å². The van der Waals surface area contributed by atoms with Gasteiger partial charge in [0.05, 0.1) is 0 Å². The third-order valence-electron chi connectivity index (χ3n) is 2.80. The zero-order valence-electron chi connectivity index (χ0n) is 12.5. The number of hydrogen-bond donors (Lipinski definition) is 3. The van der Waals surface area contributed by atoms with E-state index in [1.54, 1.807) is 0 Å². The Morgan fingerprint density at radius 2 is 1.65 bits per heavy atom. The monoisotopic (exact) mass is 390 g/mol. The molecule has 1 rings (SSSR count). The maximum Gasteiger partial charge on any atom is 0.190 e. The zero-order valence-corrected chi connectivity index (χ0v) is 14.8. The molecule has 0 aromatic heterocycles. The van der Waals surface area contributed by atoms with Gasteiger partial charge in [-0.15, -0.1) is 24.0 Å². The van der Waals surface area contributed by atoms with Crippen LogP contribution in [0.15, 0.2) is 35.3 Å². The first-order valence-corrected chi connectivity index (χ1v) is 7.10. The molecule has 4 nitrogen and oxygen atoms in total. The topological polar surface area (TPSA) is 48.5 Å². The molecule has 0 atom stereocenters. The summed E-state index contributed by atoms with van der Waals surface area (Å²) >= 11 is 0. The summed E-state index contributed by atoms with van der Waals surface area (Å²) in [5.74, 6) is 0.896. The van der Waals surface area contributed by atoms with Crippen molar-refractivity contribution in [2.45, 2.75) is 26.2 Å². The van der Waals surface area contributed by atoms with Gasteiger partial charge in [0.1, 0.15) is 0 Å². The van der Waals surface area contributed by atoms with Gasteiger partial charge in [-0.2, -0.15) is 0 Å². The predicted octanol–water partition coefficient (Wildman–Crippen LogP) is 3.07. The van der Waals surface area contributed by atoms with Crippen LogP contribution in [0.4, 0.5) is 5.69 Å². The molecule has 0 heterocycles. The van der Waals surface area contributed by atoms with E-state index in [4.69, 9.17) is 0 Å². The molecule has 0 saturated heterocycles. The molecule has 0 spiro atoms. The second-order valence-electron chi connectivity index (χ2n) is 4.43. The Morgan fingerprint density at radius 1 is 1.00 bits per heavy atom. The van der Waals surface area contributed by atoms with Crippen LogP contribution in [0.5, 0.6) is 0 Å². The molecule has 0 aliphatic heterocycles. The smallest absolute Gasteiger partial charge is 0.190 e. The lowest BCUT2D eigenvalue weighted by Crippen LogP contribution is -2.38. The maximum atomic E-state index is 4.19. The average Bonchev–Trinajstić information content (AvgIpc) is 2.46. The van der Waals surface area contributed by atoms with Crippen LogP contribution in [0.25, 0.3) is 0 Å². The van der Waals surface area contributed by atoms with Crippen molar-refractivity contribution in [1.82, 2.24) is 10.6 Å². The van der Waals surface area contributed by atoms with E-state index in [9.17, 15) is 0 Å². The van der Waals surface area contributed by atoms with E-state index in [-0.39, 0.29) is 24.0 Å². The highest BCUT2D eigenvalue weighted by atomic mass is 127. The van der Waals surface area contributed by atoms with Crippen molar-refractivity contribution in [3.05, 3.63) is 30.3 Å². The minimum atomic E-state index is 0. The average molecular weight is 390 g/mol. The Kier molecular flexibility index (Phi) is 12.4. The van der Waals surface area contributed by atoms with Gasteiger partial charge in [0.2, 0.25) is 0 Å². The van der Waals surface area contributed by atoms with Gasteiger partial charge in [-0.3, -0.25) is 4.99 Å².